The second kappa shape index (κ2) is 6.36. The Morgan fingerprint density at radius 2 is 2.00 bits per heavy atom. The molecule has 0 aliphatic carbocycles. The Bertz CT molecular complexity index is 1180. The number of pyridine rings is 1. The number of aromatic amines is 1. The SMILES string of the molecule is Cn1cc(-c2ccc3nnc(CC(=O)c4cc[nH]c(=O)c4)cc3c2)cn1. The first-order valence-corrected chi connectivity index (χ1v) is 8.06. The number of rotatable bonds is 4. The Morgan fingerprint density at radius 3 is 2.77 bits per heavy atom. The molecule has 128 valence electrons. The zero-order chi connectivity index (χ0) is 18.1. The molecule has 0 atom stereocenters. The van der Waals surface area contributed by atoms with Crippen molar-refractivity contribution in [2.45, 2.75) is 6.42 Å². The molecule has 0 saturated heterocycles. The predicted molar refractivity (Wildman–Crippen MR) is 96.8 cm³/mol. The maximum absolute atomic E-state index is 12.4. The Morgan fingerprint density at radius 1 is 1.12 bits per heavy atom. The fourth-order valence-electron chi connectivity index (χ4n) is 2.81. The highest BCUT2D eigenvalue weighted by atomic mass is 16.1. The van der Waals surface area contributed by atoms with Crippen LogP contribution in [0.3, 0.4) is 0 Å². The molecule has 3 aromatic heterocycles. The van der Waals surface area contributed by atoms with E-state index in [2.05, 4.69) is 20.3 Å². The van der Waals surface area contributed by atoms with Gasteiger partial charge in [0.25, 0.3) is 0 Å². The van der Waals surface area contributed by atoms with Gasteiger partial charge in [-0.1, -0.05) is 6.07 Å². The van der Waals surface area contributed by atoms with Gasteiger partial charge in [0.1, 0.15) is 0 Å². The number of aryl methyl sites for hydroxylation is 1. The lowest BCUT2D eigenvalue weighted by Crippen LogP contribution is -2.11. The number of nitrogens with zero attached hydrogens (tertiary/aromatic N) is 4. The van der Waals surface area contributed by atoms with Crippen LogP contribution in [0, 0.1) is 0 Å². The van der Waals surface area contributed by atoms with Crippen molar-refractivity contribution in [3.63, 3.8) is 0 Å². The van der Waals surface area contributed by atoms with Crippen LogP contribution in [0.15, 0.2) is 59.8 Å². The van der Waals surface area contributed by atoms with Crippen LogP contribution < -0.4 is 5.56 Å². The van der Waals surface area contributed by atoms with Crippen LogP contribution >= 0.6 is 0 Å². The minimum Gasteiger partial charge on any atom is -0.329 e. The number of benzene rings is 1. The smallest absolute Gasteiger partial charge is 0.248 e. The average Bonchev–Trinajstić information content (AvgIpc) is 3.07. The van der Waals surface area contributed by atoms with Crippen molar-refractivity contribution in [1.29, 1.82) is 0 Å². The topological polar surface area (TPSA) is 93.5 Å². The van der Waals surface area contributed by atoms with Crippen LogP contribution in [-0.4, -0.2) is 30.7 Å². The summed E-state index contributed by atoms with van der Waals surface area (Å²) in [6, 6.07) is 10.6. The summed E-state index contributed by atoms with van der Waals surface area (Å²) in [6.07, 6.45) is 5.28. The van der Waals surface area contributed by atoms with Crippen LogP contribution in [0.2, 0.25) is 0 Å². The predicted octanol–water partition coefficient (Wildman–Crippen LogP) is 2.14. The lowest BCUT2D eigenvalue weighted by Gasteiger charge is -2.04. The Balaban J connectivity index is 1.66. The molecule has 0 aliphatic rings. The van der Waals surface area contributed by atoms with Crippen molar-refractivity contribution in [2.75, 3.05) is 0 Å². The fourth-order valence-corrected chi connectivity index (χ4v) is 2.81. The summed E-state index contributed by atoms with van der Waals surface area (Å²) < 4.78 is 1.75. The van der Waals surface area contributed by atoms with Crippen molar-refractivity contribution in [3.8, 4) is 11.1 Å². The second-order valence-electron chi connectivity index (χ2n) is 6.05. The van der Waals surface area contributed by atoms with Crippen molar-refractivity contribution < 1.29 is 4.79 Å². The van der Waals surface area contributed by atoms with Gasteiger partial charge in [-0.05, 0) is 29.8 Å². The van der Waals surface area contributed by atoms with E-state index in [4.69, 9.17) is 0 Å². The van der Waals surface area contributed by atoms with Gasteiger partial charge in [0.2, 0.25) is 5.56 Å². The number of Topliss-reactive ketones (excluding diaryl/α,β-unsaturated/α-hetero) is 1. The first-order valence-electron chi connectivity index (χ1n) is 8.06. The number of hydrogen-bond donors (Lipinski definition) is 1. The van der Waals surface area contributed by atoms with Gasteiger partial charge in [-0.3, -0.25) is 14.3 Å². The van der Waals surface area contributed by atoms with Gasteiger partial charge in [-0.2, -0.15) is 15.3 Å². The summed E-state index contributed by atoms with van der Waals surface area (Å²) in [4.78, 5) is 26.2. The molecule has 1 aromatic carbocycles. The fraction of sp³-hybridized carbons (Fsp3) is 0.105. The van der Waals surface area contributed by atoms with Crippen LogP contribution in [0.4, 0.5) is 0 Å². The van der Waals surface area contributed by atoms with E-state index in [9.17, 15) is 9.59 Å². The number of ketones is 1. The molecular formula is C19H15N5O2. The Kier molecular flexibility index (Phi) is 3.89. The van der Waals surface area contributed by atoms with E-state index in [1.54, 1.807) is 16.9 Å². The van der Waals surface area contributed by atoms with Gasteiger partial charge < -0.3 is 4.98 Å². The lowest BCUT2D eigenvalue weighted by molar-refractivity contribution is 0.0991. The Hall–Kier alpha value is -3.61. The van der Waals surface area contributed by atoms with E-state index >= 15 is 0 Å². The molecule has 0 spiro atoms. The monoisotopic (exact) mass is 345 g/mol. The molecule has 7 nitrogen and oxygen atoms in total. The first-order chi connectivity index (χ1) is 12.6. The molecule has 0 bridgehead atoms. The highest BCUT2D eigenvalue weighted by Crippen LogP contribution is 2.23. The molecule has 7 heteroatoms. The molecule has 0 fully saturated rings. The van der Waals surface area contributed by atoms with Crippen LogP contribution in [0.25, 0.3) is 22.0 Å². The zero-order valence-corrected chi connectivity index (χ0v) is 14.0. The largest absolute Gasteiger partial charge is 0.329 e. The number of H-pyrrole nitrogens is 1. The quantitative estimate of drug-likeness (QED) is 0.572. The summed E-state index contributed by atoms with van der Waals surface area (Å²) in [7, 11) is 1.87. The highest BCUT2D eigenvalue weighted by Gasteiger charge is 2.10. The molecule has 0 saturated carbocycles. The third kappa shape index (κ3) is 3.14. The number of carbonyl (C=O) groups is 1. The van der Waals surface area contributed by atoms with Gasteiger partial charge in [0, 0.05) is 42.0 Å². The maximum atomic E-state index is 12.4. The summed E-state index contributed by atoms with van der Waals surface area (Å²) in [5, 5.41) is 13.4. The summed E-state index contributed by atoms with van der Waals surface area (Å²) in [5.41, 5.74) is 3.40. The Labute approximate surface area is 148 Å². The van der Waals surface area contributed by atoms with Crippen LogP contribution in [0.5, 0.6) is 0 Å². The molecule has 3 heterocycles. The van der Waals surface area contributed by atoms with Crippen molar-refractivity contribution >= 4 is 16.7 Å². The number of hydrogen-bond acceptors (Lipinski definition) is 5. The summed E-state index contributed by atoms with van der Waals surface area (Å²) >= 11 is 0. The van der Waals surface area contributed by atoms with E-state index in [0.29, 0.717) is 11.3 Å². The van der Waals surface area contributed by atoms with Crippen molar-refractivity contribution in [1.82, 2.24) is 25.0 Å². The lowest BCUT2D eigenvalue weighted by atomic mass is 10.0. The molecule has 0 aliphatic heterocycles. The average molecular weight is 345 g/mol. The van der Waals surface area contributed by atoms with E-state index in [1.165, 1.54) is 12.3 Å². The standard InChI is InChI=1S/C19H15N5O2/c1-24-11-15(10-21-24)12-2-3-17-14(6-12)7-16(22-23-17)9-18(25)13-4-5-20-19(26)8-13/h2-8,10-11H,9H2,1H3,(H,20,26). The van der Waals surface area contributed by atoms with Gasteiger partial charge in [-0.25, -0.2) is 0 Å². The molecule has 4 aromatic rings. The molecule has 0 unspecified atom stereocenters. The van der Waals surface area contributed by atoms with Gasteiger partial charge in [-0.15, -0.1) is 0 Å². The van der Waals surface area contributed by atoms with Crippen molar-refractivity contribution in [3.05, 3.63) is 76.6 Å². The first kappa shape index (κ1) is 15.9. The highest BCUT2D eigenvalue weighted by molar-refractivity contribution is 5.97. The summed E-state index contributed by atoms with van der Waals surface area (Å²) in [5.74, 6) is -0.173. The van der Waals surface area contributed by atoms with Crippen LogP contribution in [0.1, 0.15) is 16.1 Å². The molecule has 0 amide bonds. The molecule has 4 rings (SSSR count). The van der Waals surface area contributed by atoms with Gasteiger partial charge in [0.15, 0.2) is 5.78 Å². The molecule has 26 heavy (non-hydrogen) atoms. The van der Waals surface area contributed by atoms with E-state index in [-0.39, 0.29) is 17.8 Å². The van der Waals surface area contributed by atoms with E-state index < -0.39 is 0 Å². The normalized spacial score (nSPS) is 11.0. The van der Waals surface area contributed by atoms with Crippen molar-refractivity contribution in [2.24, 2.45) is 7.05 Å². The minimum absolute atomic E-state index is 0.0868. The molecule has 0 radical (unpaired) electrons. The van der Waals surface area contributed by atoms with Crippen LogP contribution in [-0.2, 0) is 13.5 Å². The van der Waals surface area contributed by atoms with Gasteiger partial charge in [0.05, 0.1) is 23.8 Å². The zero-order valence-electron chi connectivity index (χ0n) is 14.0. The van der Waals surface area contributed by atoms with E-state index in [1.807, 2.05) is 37.5 Å². The number of carbonyl (C=O) groups excluding carboxylic acids is 1. The molecular weight excluding hydrogens is 330 g/mol. The second-order valence-corrected chi connectivity index (χ2v) is 6.05. The number of fused-ring (bicyclic) bond motifs is 1. The third-order valence-electron chi connectivity index (χ3n) is 4.11. The number of nitrogens with one attached hydrogen (secondary N) is 1. The van der Waals surface area contributed by atoms with Gasteiger partial charge >= 0.3 is 0 Å². The third-order valence-corrected chi connectivity index (χ3v) is 4.11. The van der Waals surface area contributed by atoms with E-state index in [0.717, 1.165) is 22.0 Å². The number of aromatic nitrogens is 5. The summed E-state index contributed by atoms with van der Waals surface area (Å²) in [6.45, 7) is 0. The molecule has 1 N–H and O–H groups in total. The maximum Gasteiger partial charge on any atom is 0.248 e. The minimum atomic E-state index is -0.304.